The van der Waals surface area contributed by atoms with E-state index in [9.17, 15) is 14.4 Å². The van der Waals surface area contributed by atoms with Crippen LogP contribution in [0.5, 0.6) is 0 Å². The fourth-order valence-corrected chi connectivity index (χ4v) is 2.53. The summed E-state index contributed by atoms with van der Waals surface area (Å²) in [7, 11) is 1.32. The van der Waals surface area contributed by atoms with Gasteiger partial charge in [0.2, 0.25) is 5.91 Å². The number of carbonyl (C=O) groups is 3. The Balaban J connectivity index is 2.55. The van der Waals surface area contributed by atoms with Crippen LogP contribution in [-0.2, 0) is 19.1 Å². The molecule has 0 N–H and O–H groups in total. The minimum atomic E-state index is -0.359. The van der Waals surface area contributed by atoms with E-state index < -0.39 is 0 Å². The van der Waals surface area contributed by atoms with Crippen molar-refractivity contribution < 1.29 is 23.9 Å². The minimum absolute atomic E-state index is 0.0561. The third-order valence-electron chi connectivity index (χ3n) is 4.13. The third-order valence-corrected chi connectivity index (χ3v) is 4.13. The molecule has 0 atom stereocenters. The summed E-state index contributed by atoms with van der Waals surface area (Å²) in [4.78, 5) is 37.8. The fraction of sp³-hybridized carbons (Fsp3) is 0.571. The molecule has 0 saturated heterocycles. The van der Waals surface area contributed by atoms with E-state index in [1.165, 1.54) is 7.11 Å². The highest BCUT2D eigenvalue weighted by Crippen LogP contribution is 2.10. The van der Waals surface area contributed by atoms with Gasteiger partial charge in [-0.3, -0.25) is 14.4 Å². The predicted molar refractivity (Wildman–Crippen MR) is 104 cm³/mol. The number of aryl methyl sites for hydroxylation is 1. The van der Waals surface area contributed by atoms with Crippen molar-refractivity contribution in [3.63, 3.8) is 0 Å². The lowest BCUT2D eigenvalue weighted by molar-refractivity contribution is -0.141. The first-order chi connectivity index (χ1) is 12.8. The molecule has 0 aliphatic carbocycles. The molecule has 1 aromatic carbocycles. The zero-order chi connectivity index (χ0) is 20.2. The molecule has 150 valence electrons. The number of hydrogen-bond donors (Lipinski definition) is 0. The molecule has 0 fully saturated rings. The second-order valence-electron chi connectivity index (χ2n) is 6.77. The molecule has 0 radical (unpaired) electrons. The molecule has 0 aliphatic rings. The van der Waals surface area contributed by atoms with Gasteiger partial charge in [0.1, 0.15) is 0 Å². The molecule has 1 rings (SSSR count). The quantitative estimate of drug-likeness (QED) is 0.318. The first-order valence-corrected chi connectivity index (χ1v) is 9.39. The Hall–Kier alpha value is -2.21. The van der Waals surface area contributed by atoms with E-state index in [1.807, 2.05) is 32.9 Å². The molecule has 0 aromatic heterocycles. The van der Waals surface area contributed by atoms with E-state index >= 15 is 0 Å². The summed E-state index contributed by atoms with van der Waals surface area (Å²) >= 11 is 0. The van der Waals surface area contributed by atoms with Crippen LogP contribution in [0.3, 0.4) is 0 Å². The van der Waals surface area contributed by atoms with Gasteiger partial charge in [0.15, 0.2) is 5.78 Å². The van der Waals surface area contributed by atoms with Crippen LogP contribution in [0.15, 0.2) is 24.3 Å². The number of ketones is 1. The van der Waals surface area contributed by atoms with Gasteiger partial charge in [-0.15, -0.1) is 0 Å². The fourth-order valence-electron chi connectivity index (χ4n) is 2.53. The Morgan fingerprint density at radius 1 is 1.00 bits per heavy atom. The zero-order valence-corrected chi connectivity index (χ0v) is 16.8. The first-order valence-electron chi connectivity index (χ1n) is 9.39. The SMILES string of the molecule is COC(=O)CCN(CCCOC(C)C)C(=O)CCC(=O)c1ccc(C)cc1. The molecule has 0 bridgehead atoms. The molecule has 1 aromatic rings. The molecular weight excluding hydrogens is 346 g/mol. The Labute approximate surface area is 161 Å². The number of Topliss-reactive ketones (excluding diaryl/α,β-unsaturated/α-hetero) is 1. The van der Waals surface area contributed by atoms with Crippen LogP contribution < -0.4 is 0 Å². The molecule has 1 amide bonds. The van der Waals surface area contributed by atoms with Gasteiger partial charge in [-0.2, -0.15) is 0 Å². The van der Waals surface area contributed by atoms with Crippen LogP contribution >= 0.6 is 0 Å². The van der Waals surface area contributed by atoms with Crippen molar-refractivity contribution in [1.29, 1.82) is 0 Å². The van der Waals surface area contributed by atoms with Crippen LogP contribution in [0.4, 0.5) is 0 Å². The van der Waals surface area contributed by atoms with Crippen molar-refractivity contribution in [2.24, 2.45) is 0 Å². The number of methoxy groups -OCH3 is 1. The first kappa shape index (κ1) is 22.8. The van der Waals surface area contributed by atoms with Crippen LogP contribution in [0.1, 0.15) is 55.5 Å². The maximum absolute atomic E-state index is 12.5. The number of nitrogens with zero attached hydrogens (tertiary/aromatic N) is 1. The van der Waals surface area contributed by atoms with Crippen molar-refractivity contribution in [2.45, 2.75) is 52.6 Å². The van der Waals surface area contributed by atoms with Gasteiger partial charge in [-0.25, -0.2) is 0 Å². The summed E-state index contributed by atoms with van der Waals surface area (Å²) < 4.78 is 10.1. The van der Waals surface area contributed by atoms with E-state index in [-0.39, 0.29) is 49.6 Å². The van der Waals surface area contributed by atoms with Gasteiger partial charge in [0.05, 0.1) is 19.6 Å². The van der Waals surface area contributed by atoms with E-state index in [0.29, 0.717) is 25.1 Å². The Morgan fingerprint density at radius 3 is 2.26 bits per heavy atom. The number of ether oxygens (including phenoxy) is 2. The summed E-state index contributed by atoms with van der Waals surface area (Å²) in [6.45, 7) is 7.18. The molecule has 0 heterocycles. The van der Waals surface area contributed by atoms with E-state index in [4.69, 9.17) is 4.74 Å². The predicted octanol–water partition coefficient (Wildman–Crippen LogP) is 3.16. The smallest absolute Gasteiger partial charge is 0.307 e. The maximum atomic E-state index is 12.5. The van der Waals surface area contributed by atoms with E-state index in [0.717, 1.165) is 5.56 Å². The van der Waals surface area contributed by atoms with Gasteiger partial charge >= 0.3 is 5.97 Å². The lowest BCUT2D eigenvalue weighted by Crippen LogP contribution is -2.35. The van der Waals surface area contributed by atoms with Gasteiger partial charge < -0.3 is 14.4 Å². The lowest BCUT2D eigenvalue weighted by Gasteiger charge is -2.22. The third kappa shape index (κ3) is 9.33. The normalized spacial score (nSPS) is 10.7. The average Bonchev–Trinajstić information content (AvgIpc) is 2.65. The van der Waals surface area contributed by atoms with Crippen molar-refractivity contribution in [3.05, 3.63) is 35.4 Å². The summed E-state index contributed by atoms with van der Waals surface area (Å²) in [5.74, 6) is -0.551. The highest BCUT2D eigenvalue weighted by atomic mass is 16.5. The summed E-state index contributed by atoms with van der Waals surface area (Å²) in [5, 5.41) is 0. The highest BCUT2D eigenvalue weighted by molar-refractivity contribution is 5.98. The number of carbonyl (C=O) groups excluding carboxylic acids is 3. The van der Waals surface area contributed by atoms with Crippen LogP contribution in [0, 0.1) is 6.92 Å². The Bertz CT molecular complexity index is 610. The monoisotopic (exact) mass is 377 g/mol. The largest absolute Gasteiger partial charge is 0.469 e. The Kier molecular flexibility index (Phi) is 10.3. The van der Waals surface area contributed by atoms with Gasteiger partial charge in [-0.05, 0) is 27.2 Å². The van der Waals surface area contributed by atoms with Gasteiger partial charge in [0.25, 0.3) is 0 Å². The molecule has 0 spiro atoms. The summed E-state index contributed by atoms with van der Waals surface area (Å²) in [6, 6.07) is 7.32. The Morgan fingerprint density at radius 2 is 1.67 bits per heavy atom. The molecule has 6 nitrogen and oxygen atoms in total. The molecule has 6 heteroatoms. The molecule has 0 saturated carbocycles. The van der Waals surface area contributed by atoms with Gasteiger partial charge in [0, 0.05) is 38.1 Å². The number of benzene rings is 1. The number of rotatable bonds is 12. The van der Waals surface area contributed by atoms with Gasteiger partial charge in [-0.1, -0.05) is 29.8 Å². The van der Waals surface area contributed by atoms with Crippen LogP contribution in [0.2, 0.25) is 0 Å². The number of esters is 1. The second-order valence-corrected chi connectivity index (χ2v) is 6.77. The second kappa shape index (κ2) is 12.2. The summed E-state index contributed by atoms with van der Waals surface area (Å²) in [5.41, 5.74) is 1.69. The topological polar surface area (TPSA) is 72.9 Å². The van der Waals surface area contributed by atoms with E-state index in [1.54, 1.807) is 17.0 Å². The van der Waals surface area contributed by atoms with E-state index in [2.05, 4.69) is 4.74 Å². The highest BCUT2D eigenvalue weighted by Gasteiger charge is 2.17. The van der Waals surface area contributed by atoms with Crippen LogP contribution in [0.25, 0.3) is 0 Å². The van der Waals surface area contributed by atoms with Crippen molar-refractivity contribution in [3.8, 4) is 0 Å². The molecule has 27 heavy (non-hydrogen) atoms. The maximum Gasteiger partial charge on any atom is 0.307 e. The van der Waals surface area contributed by atoms with Crippen molar-refractivity contribution in [1.82, 2.24) is 4.90 Å². The molecule has 0 unspecified atom stereocenters. The van der Waals surface area contributed by atoms with Crippen LogP contribution in [-0.4, -0.2) is 55.5 Å². The standard InChI is InChI=1S/C21H31NO5/c1-16(2)27-15-5-13-22(14-12-21(25)26-4)20(24)11-10-19(23)18-8-6-17(3)7-9-18/h6-9,16H,5,10-15H2,1-4H3. The number of amides is 1. The van der Waals surface area contributed by atoms with Crippen molar-refractivity contribution in [2.75, 3.05) is 26.8 Å². The summed E-state index contributed by atoms with van der Waals surface area (Å²) in [6.07, 6.45) is 1.23. The van der Waals surface area contributed by atoms with Crippen molar-refractivity contribution >= 4 is 17.7 Å². The average molecular weight is 377 g/mol. The number of hydrogen-bond acceptors (Lipinski definition) is 5. The zero-order valence-electron chi connectivity index (χ0n) is 16.8. The lowest BCUT2D eigenvalue weighted by atomic mass is 10.0. The minimum Gasteiger partial charge on any atom is -0.469 e. The molecular formula is C21H31NO5. The molecule has 0 aliphatic heterocycles.